The molecule has 0 unspecified atom stereocenters. The van der Waals surface area contributed by atoms with Gasteiger partial charge in [0.1, 0.15) is 11.4 Å². The Bertz CT molecular complexity index is 1770. The summed E-state index contributed by atoms with van der Waals surface area (Å²) in [6, 6.07) is 9.49. The van der Waals surface area contributed by atoms with E-state index in [0.717, 1.165) is 72.1 Å². The van der Waals surface area contributed by atoms with Crippen LogP contribution in [0.25, 0.3) is 16.6 Å². The Morgan fingerprint density at radius 3 is 2.28 bits per heavy atom. The second-order valence-electron chi connectivity index (χ2n) is 13.4. The fourth-order valence-corrected chi connectivity index (χ4v) is 8.82. The van der Waals surface area contributed by atoms with E-state index in [1.807, 2.05) is 12.1 Å². The number of rotatable bonds is 5. The van der Waals surface area contributed by atoms with Crippen molar-refractivity contribution in [1.29, 1.82) is 0 Å². The summed E-state index contributed by atoms with van der Waals surface area (Å²) in [5, 5.41) is 13.2. The van der Waals surface area contributed by atoms with Crippen LogP contribution in [0.4, 0.5) is 20.2 Å². The SMILES string of the molecule is C[C@H]1CCN(c2c(NC(=O)c3ccc(=O)n(-c4c(F)cccc4F)n3)ccc3nn(C45CC6CC(CC(C6)C4)C5)cc23)C1. The van der Waals surface area contributed by atoms with E-state index in [0.29, 0.717) is 16.3 Å². The smallest absolute Gasteiger partial charge is 0.276 e. The van der Waals surface area contributed by atoms with Crippen LogP contribution in [0.3, 0.4) is 0 Å². The molecule has 43 heavy (non-hydrogen) atoms. The van der Waals surface area contributed by atoms with Gasteiger partial charge in [0.25, 0.3) is 11.5 Å². The number of amides is 1. The molecule has 0 spiro atoms. The first-order valence-corrected chi connectivity index (χ1v) is 15.4. The van der Waals surface area contributed by atoms with Crippen LogP contribution in [0.5, 0.6) is 0 Å². The maximum absolute atomic E-state index is 14.5. The number of para-hydroxylation sites is 1. The lowest BCUT2D eigenvalue weighted by Crippen LogP contribution is -2.52. The van der Waals surface area contributed by atoms with Crippen LogP contribution in [0.2, 0.25) is 0 Å². The molecule has 1 aliphatic heterocycles. The summed E-state index contributed by atoms with van der Waals surface area (Å²) >= 11 is 0. The van der Waals surface area contributed by atoms with Gasteiger partial charge in [0.2, 0.25) is 0 Å². The van der Waals surface area contributed by atoms with Crippen molar-refractivity contribution in [3.63, 3.8) is 0 Å². The minimum Gasteiger partial charge on any atom is -0.369 e. The molecule has 8 nitrogen and oxygen atoms in total. The first-order valence-electron chi connectivity index (χ1n) is 15.4. The zero-order valence-corrected chi connectivity index (χ0v) is 24.1. The Balaban J connectivity index is 1.18. The van der Waals surface area contributed by atoms with Crippen molar-refractivity contribution >= 4 is 28.2 Å². The minimum atomic E-state index is -0.945. The number of aromatic nitrogens is 4. The Morgan fingerprint density at radius 1 is 0.930 bits per heavy atom. The van der Waals surface area contributed by atoms with Gasteiger partial charge >= 0.3 is 0 Å². The van der Waals surface area contributed by atoms with Crippen molar-refractivity contribution < 1.29 is 13.6 Å². The molecule has 1 amide bonds. The molecule has 4 aromatic rings. The molecule has 1 saturated heterocycles. The minimum absolute atomic E-state index is 0.0758. The molecule has 9 rings (SSSR count). The van der Waals surface area contributed by atoms with E-state index in [1.54, 1.807) is 0 Å². The van der Waals surface area contributed by atoms with Crippen molar-refractivity contribution in [2.45, 2.75) is 57.4 Å². The molecule has 4 saturated carbocycles. The normalized spacial score (nSPS) is 27.7. The van der Waals surface area contributed by atoms with Crippen molar-refractivity contribution in [3.8, 4) is 5.69 Å². The highest BCUT2D eigenvalue weighted by Gasteiger charge is 2.52. The summed E-state index contributed by atoms with van der Waals surface area (Å²) in [5.41, 5.74) is 1.04. The highest BCUT2D eigenvalue weighted by atomic mass is 19.1. The fourth-order valence-electron chi connectivity index (χ4n) is 8.82. The third-order valence-electron chi connectivity index (χ3n) is 10.3. The largest absolute Gasteiger partial charge is 0.369 e. The lowest BCUT2D eigenvalue weighted by Gasteiger charge is -2.56. The Morgan fingerprint density at radius 2 is 1.63 bits per heavy atom. The highest BCUT2D eigenvalue weighted by molar-refractivity contribution is 6.08. The highest BCUT2D eigenvalue weighted by Crippen LogP contribution is 2.59. The number of carbonyl (C=O) groups is 1. The first-order chi connectivity index (χ1) is 20.8. The molecule has 222 valence electrons. The fraction of sp³-hybridized carbons (Fsp3) is 0.455. The van der Waals surface area contributed by atoms with Crippen LogP contribution in [-0.2, 0) is 5.54 Å². The number of hydrogen-bond donors (Lipinski definition) is 1. The van der Waals surface area contributed by atoms with Crippen LogP contribution >= 0.6 is 0 Å². The summed E-state index contributed by atoms with van der Waals surface area (Å²) in [4.78, 5) is 28.4. The van der Waals surface area contributed by atoms with Crippen LogP contribution < -0.4 is 15.8 Å². The van der Waals surface area contributed by atoms with Crippen LogP contribution in [0, 0.1) is 35.3 Å². The number of carbonyl (C=O) groups excluding carboxylic acids is 1. The number of benzene rings is 2. The second-order valence-corrected chi connectivity index (χ2v) is 13.4. The molecule has 5 fully saturated rings. The Labute approximate surface area is 247 Å². The van der Waals surface area contributed by atoms with E-state index < -0.39 is 28.8 Å². The van der Waals surface area contributed by atoms with E-state index in [4.69, 9.17) is 5.10 Å². The van der Waals surface area contributed by atoms with E-state index in [2.05, 4.69) is 33.1 Å². The summed E-state index contributed by atoms with van der Waals surface area (Å²) in [6.45, 7) is 3.95. The number of nitrogens with one attached hydrogen (secondary N) is 1. The maximum atomic E-state index is 14.5. The van der Waals surface area contributed by atoms with E-state index in [9.17, 15) is 18.4 Å². The number of halogens is 2. The summed E-state index contributed by atoms with van der Waals surface area (Å²) in [7, 11) is 0. The molecule has 0 radical (unpaired) electrons. The number of anilines is 2. The second kappa shape index (κ2) is 9.72. The quantitative estimate of drug-likeness (QED) is 0.317. The maximum Gasteiger partial charge on any atom is 0.276 e. The monoisotopic (exact) mass is 584 g/mol. The van der Waals surface area contributed by atoms with Gasteiger partial charge in [-0.25, -0.2) is 8.78 Å². The predicted molar refractivity (Wildman–Crippen MR) is 160 cm³/mol. The van der Waals surface area contributed by atoms with Crippen molar-refractivity contribution in [2.75, 3.05) is 23.3 Å². The van der Waals surface area contributed by atoms with Gasteiger partial charge in [-0.1, -0.05) is 13.0 Å². The number of nitrogens with zero attached hydrogens (tertiary/aromatic N) is 5. The predicted octanol–water partition coefficient (Wildman–Crippen LogP) is 5.88. The van der Waals surface area contributed by atoms with Crippen molar-refractivity contribution in [1.82, 2.24) is 19.6 Å². The van der Waals surface area contributed by atoms with Gasteiger partial charge in [-0.15, -0.1) is 0 Å². The van der Waals surface area contributed by atoms with E-state index >= 15 is 0 Å². The van der Waals surface area contributed by atoms with Crippen LogP contribution in [0.1, 0.15) is 62.4 Å². The molecule has 1 N–H and O–H groups in total. The first kappa shape index (κ1) is 26.5. The van der Waals surface area contributed by atoms with Crippen molar-refractivity contribution in [2.24, 2.45) is 23.7 Å². The molecule has 4 bridgehead atoms. The van der Waals surface area contributed by atoms with Crippen LogP contribution in [0.15, 0.2) is 53.5 Å². The lowest BCUT2D eigenvalue weighted by molar-refractivity contribution is -0.0490. The number of hydrogen-bond acceptors (Lipinski definition) is 5. The molecule has 1 atom stereocenters. The molecular formula is C33H34F2N6O2. The van der Waals surface area contributed by atoms with E-state index in [-0.39, 0.29) is 11.2 Å². The summed E-state index contributed by atoms with van der Waals surface area (Å²) in [5.74, 6) is 0.422. The molecule has 10 heteroatoms. The summed E-state index contributed by atoms with van der Waals surface area (Å²) in [6.07, 6.45) is 10.9. The van der Waals surface area contributed by atoms with Gasteiger partial charge in [-0.05, 0) is 98.9 Å². The lowest BCUT2D eigenvalue weighted by atomic mass is 9.53. The van der Waals surface area contributed by atoms with Gasteiger partial charge in [0.15, 0.2) is 11.6 Å². The van der Waals surface area contributed by atoms with Crippen molar-refractivity contribution in [3.05, 3.63) is 76.3 Å². The topological polar surface area (TPSA) is 85.1 Å². The molecule has 2 aromatic carbocycles. The Hall–Kier alpha value is -4.08. The van der Waals surface area contributed by atoms with Gasteiger partial charge in [-0.3, -0.25) is 14.3 Å². The standard InChI is InChI=1S/C33H34F2N6O2/c1-19-9-10-39(17-19)30-23-18-40(33-14-20-11-21(15-33)13-22(12-20)16-33)37-26(23)5-6-27(30)36-32(43)28-7-8-29(42)41(38-28)31-24(34)3-2-4-25(31)35/h2-8,18-22H,9-17H2,1H3,(H,36,43)/t19-,20?,21?,22?,33?/m0/s1. The zero-order valence-electron chi connectivity index (χ0n) is 24.1. The average Bonchev–Trinajstić information content (AvgIpc) is 3.60. The third-order valence-corrected chi connectivity index (χ3v) is 10.3. The van der Waals surface area contributed by atoms with Gasteiger partial charge in [0.05, 0.1) is 22.4 Å². The third kappa shape index (κ3) is 4.36. The molecule has 5 aliphatic rings. The Kier molecular flexibility index (Phi) is 6.00. The van der Waals surface area contributed by atoms with Gasteiger partial charge in [-0.2, -0.15) is 14.9 Å². The van der Waals surface area contributed by atoms with E-state index in [1.165, 1.54) is 50.7 Å². The molecule has 2 aromatic heterocycles. The molecular weight excluding hydrogens is 550 g/mol. The molecule has 4 aliphatic carbocycles. The van der Waals surface area contributed by atoms with Crippen LogP contribution in [-0.4, -0.2) is 38.6 Å². The van der Waals surface area contributed by atoms with Gasteiger partial charge < -0.3 is 10.2 Å². The summed E-state index contributed by atoms with van der Waals surface area (Å²) < 4.78 is 31.8. The van der Waals surface area contributed by atoms with Gasteiger partial charge in [0, 0.05) is 30.7 Å². The average molecular weight is 585 g/mol. The zero-order chi connectivity index (χ0) is 29.5. The molecule has 3 heterocycles. The number of fused-ring (bicyclic) bond motifs is 1.